The van der Waals surface area contributed by atoms with Crippen LogP contribution in [0.15, 0.2) is 52.3 Å². The highest BCUT2D eigenvalue weighted by Crippen LogP contribution is 2.43. The van der Waals surface area contributed by atoms with Crippen molar-refractivity contribution < 1.29 is 23.9 Å². The van der Waals surface area contributed by atoms with Crippen molar-refractivity contribution in [3.63, 3.8) is 0 Å². The van der Waals surface area contributed by atoms with E-state index < -0.39 is 11.9 Å². The summed E-state index contributed by atoms with van der Waals surface area (Å²) in [6.45, 7) is 0. The summed E-state index contributed by atoms with van der Waals surface area (Å²) in [6.07, 6.45) is 3.25. The first-order chi connectivity index (χ1) is 13.0. The Labute approximate surface area is 160 Å². The second kappa shape index (κ2) is 6.70. The lowest BCUT2D eigenvalue weighted by Gasteiger charge is -2.37. The molecule has 6 nitrogen and oxygen atoms in total. The fourth-order valence-corrected chi connectivity index (χ4v) is 4.04. The maximum absolute atomic E-state index is 13.0. The molecule has 138 valence electrons. The lowest BCUT2D eigenvalue weighted by Crippen LogP contribution is -2.40. The van der Waals surface area contributed by atoms with Crippen LogP contribution in [0.2, 0.25) is 5.02 Å². The van der Waals surface area contributed by atoms with E-state index in [4.69, 9.17) is 16.0 Å². The molecule has 0 bridgehead atoms. The molecule has 0 saturated heterocycles. The second-order valence-electron chi connectivity index (χ2n) is 6.61. The first-order valence-corrected chi connectivity index (χ1v) is 9.00. The number of carboxylic acid groups (broad SMARTS) is 1. The Morgan fingerprint density at radius 3 is 2.74 bits per heavy atom. The van der Waals surface area contributed by atoms with E-state index in [9.17, 15) is 19.5 Å². The maximum Gasteiger partial charge on any atom is 0.337 e. The number of allylic oxidation sites excluding steroid dienone is 2. The van der Waals surface area contributed by atoms with Gasteiger partial charge in [-0.05, 0) is 43.2 Å². The van der Waals surface area contributed by atoms with Gasteiger partial charge in [-0.15, -0.1) is 0 Å². The molecule has 1 aromatic heterocycles. The van der Waals surface area contributed by atoms with Crippen molar-refractivity contribution in [3.05, 3.63) is 64.2 Å². The summed E-state index contributed by atoms with van der Waals surface area (Å²) in [6, 6.07) is 7.93. The lowest BCUT2D eigenvalue weighted by atomic mass is 9.79. The number of anilines is 1. The average molecular weight is 386 g/mol. The smallest absolute Gasteiger partial charge is 0.337 e. The third kappa shape index (κ3) is 2.96. The molecular formula is C20H16ClNO5. The number of rotatable bonds is 3. The van der Waals surface area contributed by atoms with Crippen LogP contribution in [0.3, 0.4) is 0 Å². The fraction of sp³-hybridized carbons (Fsp3) is 0.250. The van der Waals surface area contributed by atoms with Gasteiger partial charge in [0, 0.05) is 29.8 Å². The van der Waals surface area contributed by atoms with Gasteiger partial charge in [-0.2, -0.15) is 0 Å². The zero-order chi connectivity index (χ0) is 19.1. The van der Waals surface area contributed by atoms with E-state index in [1.54, 1.807) is 18.2 Å². The SMILES string of the molecule is O=C1CCCC2=C1C(c1ccco1)CC(=O)N2c1ccc(Cl)c(C(=O)O)c1. The number of amides is 1. The number of carboxylic acids is 1. The van der Waals surface area contributed by atoms with Gasteiger partial charge in [0.15, 0.2) is 5.78 Å². The molecule has 0 fully saturated rings. The van der Waals surface area contributed by atoms with Gasteiger partial charge in [0.1, 0.15) is 5.76 Å². The number of furan rings is 1. The summed E-state index contributed by atoms with van der Waals surface area (Å²) in [4.78, 5) is 38.6. The van der Waals surface area contributed by atoms with Crippen LogP contribution in [0, 0.1) is 0 Å². The molecule has 7 heteroatoms. The Morgan fingerprint density at radius 1 is 1.22 bits per heavy atom. The van der Waals surface area contributed by atoms with Crippen molar-refractivity contribution in [2.45, 2.75) is 31.6 Å². The minimum absolute atomic E-state index is 0.00238. The molecule has 4 rings (SSSR count). The van der Waals surface area contributed by atoms with Crippen molar-refractivity contribution in [1.29, 1.82) is 0 Å². The summed E-state index contributed by atoms with van der Waals surface area (Å²) < 4.78 is 5.47. The summed E-state index contributed by atoms with van der Waals surface area (Å²) in [5.41, 5.74) is 1.53. The number of carbonyl (C=O) groups excluding carboxylic acids is 2. The zero-order valence-corrected chi connectivity index (χ0v) is 15.0. The predicted octanol–water partition coefficient (Wildman–Crippen LogP) is 4.16. The molecule has 27 heavy (non-hydrogen) atoms. The Kier molecular flexibility index (Phi) is 4.36. The van der Waals surface area contributed by atoms with Gasteiger partial charge in [-0.25, -0.2) is 4.79 Å². The average Bonchev–Trinajstić information content (AvgIpc) is 3.16. The van der Waals surface area contributed by atoms with Crippen LogP contribution in [0.5, 0.6) is 0 Å². The number of nitrogens with zero attached hydrogens (tertiary/aromatic N) is 1. The quantitative estimate of drug-likeness (QED) is 0.857. The Bertz CT molecular complexity index is 976. The van der Waals surface area contributed by atoms with Crippen LogP contribution in [-0.2, 0) is 9.59 Å². The Morgan fingerprint density at radius 2 is 2.04 bits per heavy atom. The monoisotopic (exact) mass is 385 g/mol. The number of halogens is 1. The van der Waals surface area contributed by atoms with Crippen molar-refractivity contribution in [2.75, 3.05) is 4.90 Å². The number of aromatic carboxylic acids is 1. The second-order valence-corrected chi connectivity index (χ2v) is 7.01. The van der Waals surface area contributed by atoms with Gasteiger partial charge in [0.25, 0.3) is 0 Å². The van der Waals surface area contributed by atoms with Crippen LogP contribution in [0.1, 0.15) is 47.7 Å². The summed E-state index contributed by atoms with van der Waals surface area (Å²) in [5.74, 6) is -1.19. The maximum atomic E-state index is 13.0. The first kappa shape index (κ1) is 17.5. The molecule has 1 aliphatic heterocycles. The number of benzene rings is 1. The summed E-state index contributed by atoms with van der Waals surface area (Å²) >= 11 is 5.95. The van der Waals surface area contributed by atoms with Gasteiger partial charge in [0.05, 0.1) is 22.8 Å². The zero-order valence-electron chi connectivity index (χ0n) is 14.3. The van der Waals surface area contributed by atoms with Gasteiger partial charge >= 0.3 is 5.97 Å². The number of Topliss-reactive ketones (excluding diaryl/α,β-unsaturated/α-hetero) is 1. The normalized spacial score (nSPS) is 20.0. The molecule has 0 radical (unpaired) electrons. The van der Waals surface area contributed by atoms with E-state index in [1.807, 2.05) is 0 Å². The summed E-state index contributed by atoms with van der Waals surface area (Å²) in [7, 11) is 0. The largest absolute Gasteiger partial charge is 0.478 e. The highest BCUT2D eigenvalue weighted by molar-refractivity contribution is 6.33. The van der Waals surface area contributed by atoms with Gasteiger partial charge in [-0.3, -0.25) is 14.5 Å². The summed E-state index contributed by atoms with van der Waals surface area (Å²) in [5, 5.41) is 9.42. The van der Waals surface area contributed by atoms with E-state index in [0.29, 0.717) is 42.0 Å². The molecule has 0 saturated carbocycles. The van der Waals surface area contributed by atoms with Crippen molar-refractivity contribution >= 4 is 34.9 Å². The highest BCUT2D eigenvalue weighted by Gasteiger charge is 2.41. The molecule has 1 N–H and O–H groups in total. The molecular weight excluding hydrogens is 370 g/mol. The predicted molar refractivity (Wildman–Crippen MR) is 97.8 cm³/mol. The van der Waals surface area contributed by atoms with E-state index in [-0.39, 0.29) is 28.7 Å². The molecule has 0 spiro atoms. The van der Waals surface area contributed by atoms with Gasteiger partial charge in [0.2, 0.25) is 5.91 Å². The third-order valence-corrected chi connectivity index (χ3v) is 5.33. The highest BCUT2D eigenvalue weighted by atomic mass is 35.5. The number of carbonyl (C=O) groups is 3. The topological polar surface area (TPSA) is 87.8 Å². The van der Waals surface area contributed by atoms with Crippen LogP contribution < -0.4 is 4.90 Å². The molecule has 1 atom stereocenters. The molecule has 2 aliphatic rings. The minimum atomic E-state index is -1.17. The van der Waals surface area contributed by atoms with Crippen molar-refractivity contribution in [3.8, 4) is 0 Å². The molecule has 1 unspecified atom stereocenters. The van der Waals surface area contributed by atoms with Crippen LogP contribution in [0.4, 0.5) is 5.69 Å². The van der Waals surface area contributed by atoms with E-state index >= 15 is 0 Å². The van der Waals surface area contributed by atoms with E-state index in [1.165, 1.54) is 23.3 Å². The Balaban J connectivity index is 1.87. The van der Waals surface area contributed by atoms with Crippen LogP contribution >= 0.6 is 11.6 Å². The van der Waals surface area contributed by atoms with Crippen molar-refractivity contribution in [2.24, 2.45) is 0 Å². The number of hydrogen-bond donors (Lipinski definition) is 1. The minimum Gasteiger partial charge on any atom is -0.478 e. The molecule has 2 heterocycles. The standard InChI is InChI=1S/C20H16ClNO5/c21-14-7-6-11(9-12(14)20(25)26)22-15-3-1-4-16(23)19(15)13(10-18(22)24)17-5-2-8-27-17/h2,5-9,13H,1,3-4,10H2,(H,25,26). The third-order valence-electron chi connectivity index (χ3n) is 5.00. The molecule has 1 amide bonds. The lowest BCUT2D eigenvalue weighted by molar-refractivity contribution is -0.120. The van der Waals surface area contributed by atoms with Gasteiger partial charge < -0.3 is 9.52 Å². The Hall–Kier alpha value is -2.86. The van der Waals surface area contributed by atoms with Crippen LogP contribution in [-0.4, -0.2) is 22.8 Å². The first-order valence-electron chi connectivity index (χ1n) is 8.63. The fourth-order valence-electron chi connectivity index (χ4n) is 3.84. The molecule has 2 aromatic rings. The van der Waals surface area contributed by atoms with E-state index in [2.05, 4.69) is 0 Å². The van der Waals surface area contributed by atoms with E-state index in [0.717, 1.165) is 0 Å². The molecule has 1 aliphatic carbocycles. The van der Waals surface area contributed by atoms with Crippen molar-refractivity contribution in [1.82, 2.24) is 0 Å². The molecule has 1 aromatic carbocycles. The number of hydrogen-bond acceptors (Lipinski definition) is 4. The van der Waals surface area contributed by atoms with Crippen LogP contribution in [0.25, 0.3) is 0 Å². The number of ketones is 1. The van der Waals surface area contributed by atoms with Gasteiger partial charge in [-0.1, -0.05) is 11.6 Å².